The third-order valence-corrected chi connectivity index (χ3v) is 3.14. The molecular formula is C12H12N4O4. The van der Waals surface area contributed by atoms with Gasteiger partial charge >= 0.3 is 0 Å². The van der Waals surface area contributed by atoms with E-state index in [9.17, 15) is 10.1 Å². The molecule has 0 amide bonds. The smallest absolute Gasteiger partial charge is 0.271 e. The number of nitrogen functional groups attached to an aromatic ring is 1. The van der Waals surface area contributed by atoms with Crippen molar-refractivity contribution in [1.29, 1.82) is 0 Å². The number of nitrogens with two attached hydrogens (primary N) is 1. The third-order valence-electron chi connectivity index (χ3n) is 3.14. The largest absolute Gasteiger partial charge is 0.398 e. The van der Waals surface area contributed by atoms with Crippen LogP contribution in [0.1, 0.15) is 24.8 Å². The molecule has 8 heteroatoms. The van der Waals surface area contributed by atoms with Crippen molar-refractivity contribution in [3.63, 3.8) is 0 Å². The van der Waals surface area contributed by atoms with Crippen LogP contribution in [0.3, 0.4) is 0 Å². The van der Waals surface area contributed by atoms with E-state index in [0.717, 1.165) is 12.8 Å². The molecule has 0 bridgehead atoms. The highest BCUT2D eigenvalue weighted by atomic mass is 16.6. The Balaban J connectivity index is 1.91. The summed E-state index contributed by atoms with van der Waals surface area (Å²) in [7, 11) is 0. The first-order valence-corrected chi connectivity index (χ1v) is 6.14. The second-order valence-electron chi connectivity index (χ2n) is 4.49. The molecule has 0 aliphatic carbocycles. The van der Waals surface area contributed by atoms with Gasteiger partial charge < -0.3 is 15.0 Å². The van der Waals surface area contributed by atoms with Gasteiger partial charge in [-0.25, -0.2) is 0 Å². The van der Waals surface area contributed by atoms with Crippen LogP contribution in [-0.4, -0.2) is 21.7 Å². The minimum atomic E-state index is -0.508. The van der Waals surface area contributed by atoms with E-state index in [-0.39, 0.29) is 23.4 Å². The molecule has 3 rings (SSSR count). The summed E-state index contributed by atoms with van der Waals surface area (Å²) >= 11 is 0. The lowest BCUT2D eigenvalue weighted by atomic mass is 10.1. The van der Waals surface area contributed by atoms with E-state index in [0.29, 0.717) is 18.0 Å². The van der Waals surface area contributed by atoms with Crippen molar-refractivity contribution in [3.05, 3.63) is 34.1 Å². The number of non-ortho nitro benzene ring substituents is 1. The molecule has 104 valence electrons. The second kappa shape index (κ2) is 4.89. The number of anilines is 1. The molecule has 0 saturated carbocycles. The van der Waals surface area contributed by atoms with Gasteiger partial charge in [0, 0.05) is 18.7 Å². The van der Waals surface area contributed by atoms with Crippen molar-refractivity contribution in [2.45, 2.75) is 18.9 Å². The fraction of sp³-hybridized carbons (Fsp3) is 0.333. The molecule has 20 heavy (non-hydrogen) atoms. The first-order valence-electron chi connectivity index (χ1n) is 6.14. The summed E-state index contributed by atoms with van der Waals surface area (Å²) in [5, 5.41) is 14.5. The monoisotopic (exact) mass is 276 g/mol. The van der Waals surface area contributed by atoms with E-state index >= 15 is 0 Å². The van der Waals surface area contributed by atoms with E-state index in [1.807, 2.05) is 0 Å². The van der Waals surface area contributed by atoms with Gasteiger partial charge in [-0.05, 0) is 18.9 Å². The van der Waals surface area contributed by atoms with Crippen LogP contribution < -0.4 is 5.73 Å². The Morgan fingerprint density at radius 3 is 2.95 bits per heavy atom. The van der Waals surface area contributed by atoms with Gasteiger partial charge in [0.2, 0.25) is 5.82 Å². The summed E-state index contributed by atoms with van der Waals surface area (Å²) in [5.41, 5.74) is 6.41. The highest BCUT2D eigenvalue weighted by Gasteiger charge is 2.24. The molecule has 2 heterocycles. The molecule has 1 fully saturated rings. The van der Waals surface area contributed by atoms with Gasteiger partial charge in [0.15, 0.2) is 0 Å². The number of benzene rings is 1. The Hall–Kier alpha value is -2.48. The lowest BCUT2D eigenvalue weighted by Gasteiger charge is -2.01. The molecule has 1 saturated heterocycles. The average molecular weight is 276 g/mol. The van der Waals surface area contributed by atoms with Gasteiger partial charge in [-0.15, -0.1) is 0 Å². The summed E-state index contributed by atoms with van der Waals surface area (Å²) in [6.45, 7) is 0.689. The molecule has 1 aliphatic rings. The zero-order chi connectivity index (χ0) is 14.1. The van der Waals surface area contributed by atoms with Gasteiger partial charge in [-0.2, -0.15) is 4.98 Å². The van der Waals surface area contributed by atoms with Crippen LogP contribution in [0.4, 0.5) is 11.4 Å². The Labute approximate surface area is 113 Å². The highest BCUT2D eigenvalue weighted by Crippen LogP contribution is 2.31. The third kappa shape index (κ3) is 2.21. The van der Waals surface area contributed by atoms with Gasteiger partial charge in [-0.3, -0.25) is 10.1 Å². The van der Waals surface area contributed by atoms with Crippen molar-refractivity contribution in [2.24, 2.45) is 0 Å². The fourth-order valence-corrected chi connectivity index (χ4v) is 2.11. The van der Waals surface area contributed by atoms with Crippen molar-refractivity contribution in [2.75, 3.05) is 12.3 Å². The zero-order valence-electron chi connectivity index (χ0n) is 10.5. The van der Waals surface area contributed by atoms with Crippen molar-refractivity contribution in [3.8, 4) is 11.5 Å². The first-order chi connectivity index (χ1) is 9.65. The number of rotatable bonds is 3. The maximum Gasteiger partial charge on any atom is 0.271 e. The molecule has 1 atom stereocenters. The minimum Gasteiger partial charge on any atom is -0.398 e. The number of nitro groups is 1. The lowest BCUT2D eigenvalue weighted by Crippen LogP contribution is -1.98. The van der Waals surface area contributed by atoms with Crippen LogP contribution in [0.15, 0.2) is 22.7 Å². The second-order valence-corrected chi connectivity index (χ2v) is 4.49. The molecule has 2 aromatic rings. The van der Waals surface area contributed by atoms with Crippen LogP contribution in [0.2, 0.25) is 0 Å². The Bertz CT molecular complexity index is 649. The topological polar surface area (TPSA) is 117 Å². The van der Waals surface area contributed by atoms with Gasteiger partial charge in [-0.1, -0.05) is 5.16 Å². The van der Waals surface area contributed by atoms with E-state index in [4.69, 9.17) is 15.0 Å². The summed E-state index contributed by atoms with van der Waals surface area (Å²) in [6.07, 6.45) is 1.68. The molecule has 0 spiro atoms. The molecule has 8 nitrogen and oxygen atoms in total. The Kier molecular flexibility index (Phi) is 3.07. The lowest BCUT2D eigenvalue weighted by molar-refractivity contribution is -0.384. The Morgan fingerprint density at radius 2 is 2.30 bits per heavy atom. The molecule has 2 N–H and O–H groups in total. The van der Waals surface area contributed by atoms with Crippen molar-refractivity contribution >= 4 is 11.4 Å². The van der Waals surface area contributed by atoms with Gasteiger partial charge in [0.1, 0.15) is 6.10 Å². The van der Waals surface area contributed by atoms with Crippen LogP contribution >= 0.6 is 0 Å². The number of ether oxygens (including phenoxy) is 1. The predicted octanol–water partition coefficient (Wildman–Crippen LogP) is 2.08. The summed E-state index contributed by atoms with van der Waals surface area (Å²) in [4.78, 5) is 14.4. The zero-order valence-corrected chi connectivity index (χ0v) is 10.5. The number of hydrogen-bond donors (Lipinski definition) is 1. The SMILES string of the molecule is Nc1cc([N+](=O)[O-])ccc1-c1nc(C2CCCO2)no1. The van der Waals surface area contributed by atoms with Crippen LogP contribution in [0.5, 0.6) is 0 Å². The van der Waals surface area contributed by atoms with Gasteiger partial charge in [0.25, 0.3) is 11.6 Å². The average Bonchev–Trinajstić information content (AvgIpc) is 3.09. The number of nitrogens with zero attached hydrogens (tertiary/aromatic N) is 3. The molecule has 1 aromatic heterocycles. The Morgan fingerprint density at radius 1 is 1.45 bits per heavy atom. The molecule has 1 aromatic carbocycles. The maximum absolute atomic E-state index is 10.7. The summed E-state index contributed by atoms with van der Waals surface area (Å²) in [5.74, 6) is 0.721. The van der Waals surface area contributed by atoms with E-state index in [2.05, 4.69) is 10.1 Å². The van der Waals surface area contributed by atoms with E-state index in [1.165, 1.54) is 18.2 Å². The maximum atomic E-state index is 10.7. The van der Waals surface area contributed by atoms with Crippen LogP contribution in [0, 0.1) is 10.1 Å². The van der Waals surface area contributed by atoms with Crippen LogP contribution in [0.25, 0.3) is 11.5 Å². The van der Waals surface area contributed by atoms with Crippen molar-refractivity contribution in [1.82, 2.24) is 10.1 Å². The molecule has 1 aliphatic heterocycles. The quantitative estimate of drug-likeness (QED) is 0.518. The number of nitro benzene ring substituents is 1. The molecular weight excluding hydrogens is 264 g/mol. The van der Waals surface area contributed by atoms with Crippen LogP contribution in [-0.2, 0) is 4.74 Å². The van der Waals surface area contributed by atoms with E-state index < -0.39 is 4.92 Å². The van der Waals surface area contributed by atoms with E-state index in [1.54, 1.807) is 0 Å². The number of aromatic nitrogens is 2. The van der Waals surface area contributed by atoms with Crippen molar-refractivity contribution < 1.29 is 14.2 Å². The predicted molar refractivity (Wildman–Crippen MR) is 68.7 cm³/mol. The molecule has 0 radical (unpaired) electrons. The minimum absolute atomic E-state index is 0.0786. The standard InChI is InChI=1S/C12H12N4O4/c13-9-6-7(16(17)18)3-4-8(9)12-14-11(15-20-12)10-2-1-5-19-10/h3-4,6,10H,1-2,5,13H2. The fourth-order valence-electron chi connectivity index (χ4n) is 2.11. The molecule has 1 unspecified atom stereocenters. The summed E-state index contributed by atoms with van der Waals surface area (Å²) < 4.78 is 10.6. The number of hydrogen-bond acceptors (Lipinski definition) is 7. The van der Waals surface area contributed by atoms with Gasteiger partial charge in [0.05, 0.1) is 16.2 Å². The normalized spacial score (nSPS) is 18.3. The summed E-state index contributed by atoms with van der Waals surface area (Å²) in [6, 6.07) is 4.12. The highest BCUT2D eigenvalue weighted by molar-refractivity contribution is 5.72. The first kappa shape index (κ1) is 12.5.